The number of fused-ring (bicyclic) bond motifs is 1. The van der Waals surface area contributed by atoms with Crippen molar-refractivity contribution in [1.82, 2.24) is 0 Å². The molecule has 0 N–H and O–H groups in total. The average Bonchev–Trinajstić information content (AvgIpc) is 3.06. The summed E-state index contributed by atoms with van der Waals surface area (Å²) in [6, 6.07) is 4.09. The lowest BCUT2D eigenvalue weighted by atomic mass is 9.67. The molecule has 2 aliphatic rings. The molecular weight excluding hydrogens is 366 g/mol. The molecule has 8 heteroatoms. The number of hydrogen-bond donors (Lipinski definition) is 0. The fourth-order valence-electron chi connectivity index (χ4n) is 4.14. The number of hydrogen-bond acceptors (Lipinski definition) is 7. The second kappa shape index (κ2) is 7.77. The van der Waals surface area contributed by atoms with Gasteiger partial charge in [-0.25, -0.2) is 0 Å². The Balaban J connectivity index is 1.90. The molecule has 1 aromatic rings. The summed E-state index contributed by atoms with van der Waals surface area (Å²) in [5, 5.41) is 12.0. The summed E-state index contributed by atoms with van der Waals surface area (Å²) in [6.07, 6.45) is 1.65. The normalized spacial score (nSPS) is 26.5. The molecule has 0 radical (unpaired) electrons. The number of carbonyl (C=O) groups excluding carboxylic acids is 2. The number of nitro groups is 1. The third-order valence-corrected chi connectivity index (χ3v) is 5.23. The minimum atomic E-state index is -1.06. The van der Waals surface area contributed by atoms with E-state index in [0.717, 1.165) is 6.29 Å². The van der Waals surface area contributed by atoms with Crippen LogP contribution in [0.4, 0.5) is 0 Å². The van der Waals surface area contributed by atoms with E-state index in [-0.39, 0.29) is 18.1 Å². The molecule has 28 heavy (non-hydrogen) atoms. The van der Waals surface area contributed by atoms with Crippen LogP contribution in [-0.2, 0) is 14.3 Å². The second-order valence-electron chi connectivity index (χ2n) is 8.34. The van der Waals surface area contributed by atoms with Crippen LogP contribution >= 0.6 is 0 Å². The minimum Gasteiger partial charge on any atom is -0.460 e. The summed E-state index contributed by atoms with van der Waals surface area (Å²) in [4.78, 5) is 35.6. The van der Waals surface area contributed by atoms with Gasteiger partial charge in [-0.2, -0.15) is 0 Å². The molecule has 1 aliphatic carbocycles. The second-order valence-corrected chi connectivity index (χ2v) is 8.34. The first kappa shape index (κ1) is 20.1. The lowest BCUT2D eigenvalue weighted by Gasteiger charge is -2.36. The van der Waals surface area contributed by atoms with Gasteiger partial charge in [-0.15, -0.1) is 0 Å². The summed E-state index contributed by atoms with van der Waals surface area (Å²) in [5.41, 5.74) is -0.00490. The van der Waals surface area contributed by atoms with E-state index >= 15 is 0 Å². The van der Waals surface area contributed by atoms with Gasteiger partial charge in [0.1, 0.15) is 11.9 Å². The molecule has 0 unspecified atom stereocenters. The van der Waals surface area contributed by atoms with Crippen LogP contribution in [0.5, 0.6) is 11.5 Å². The van der Waals surface area contributed by atoms with Crippen molar-refractivity contribution in [2.24, 2.45) is 11.8 Å². The van der Waals surface area contributed by atoms with E-state index in [9.17, 15) is 19.7 Å². The predicted molar refractivity (Wildman–Crippen MR) is 98.8 cm³/mol. The van der Waals surface area contributed by atoms with Crippen LogP contribution in [0.3, 0.4) is 0 Å². The average molecular weight is 391 g/mol. The quantitative estimate of drug-likeness (QED) is 0.329. The van der Waals surface area contributed by atoms with Crippen LogP contribution in [-0.4, -0.2) is 35.6 Å². The Morgan fingerprint density at radius 3 is 2.64 bits per heavy atom. The number of ether oxygens (including phenoxy) is 3. The third kappa shape index (κ3) is 4.26. The lowest BCUT2D eigenvalue weighted by Crippen LogP contribution is -2.44. The van der Waals surface area contributed by atoms with Crippen LogP contribution in [0.15, 0.2) is 18.2 Å². The van der Waals surface area contributed by atoms with E-state index in [1.54, 1.807) is 39.0 Å². The molecule has 4 atom stereocenters. The third-order valence-electron chi connectivity index (χ3n) is 5.23. The Bertz CT molecular complexity index is 770. The van der Waals surface area contributed by atoms with Gasteiger partial charge in [-0.05, 0) is 51.3 Å². The van der Waals surface area contributed by atoms with Crippen LogP contribution in [0, 0.1) is 22.0 Å². The molecule has 1 aliphatic heterocycles. The monoisotopic (exact) mass is 391 g/mol. The molecule has 3 rings (SSSR count). The number of rotatable bonds is 5. The Morgan fingerprint density at radius 1 is 1.29 bits per heavy atom. The van der Waals surface area contributed by atoms with Gasteiger partial charge >= 0.3 is 5.97 Å². The van der Waals surface area contributed by atoms with Gasteiger partial charge in [0.25, 0.3) is 0 Å². The molecule has 1 saturated carbocycles. The molecule has 152 valence electrons. The van der Waals surface area contributed by atoms with E-state index in [1.807, 2.05) is 0 Å². The van der Waals surface area contributed by atoms with Crippen LogP contribution in [0.2, 0.25) is 0 Å². The Kier molecular flexibility index (Phi) is 5.58. The maximum atomic E-state index is 12.3. The highest BCUT2D eigenvalue weighted by Gasteiger charge is 2.49. The zero-order chi connectivity index (χ0) is 20.5. The topological polar surface area (TPSA) is 105 Å². The highest BCUT2D eigenvalue weighted by atomic mass is 16.7. The van der Waals surface area contributed by atoms with Gasteiger partial charge < -0.3 is 19.0 Å². The van der Waals surface area contributed by atoms with Gasteiger partial charge in [0, 0.05) is 16.8 Å². The van der Waals surface area contributed by atoms with Crippen molar-refractivity contribution in [1.29, 1.82) is 0 Å². The predicted octanol–water partition coefficient (Wildman–Crippen LogP) is 3.10. The van der Waals surface area contributed by atoms with Gasteiger partial charge in [-0.1, -0.05) is 6.07 Å². The number of nitrogens with zero attached hydrogens (tertiary/aromatic N) is 1. The lowest BCUT2D eigenvalue weighted by molar-refractivity contribution is -0.540. The van der Waals surface area contributed by atoms with Crippen LogP contribution < -0.4 is 9.47 Å². The molecular formula is C20H25NO7. The molecule has 0 bridgehead atoms. The summed E-state index contributed by atoms with van der Waals surface area (Å²) in [7, 11) is 0. The Morgan fingerprint density at radius 2 is 2.00 bits per heavy atom. The largest absolute Gasteiger partial charge is 0.460 e. The van der Waals surface area contributed by atoms with Crippen molar-refractivity contribution in [2.45, 2.75) is 57.6 Å². The number of aldehydes is 1. The molecule has 0 spiro atoms. The van der Waals surface area contributed by atoms with E-state index in [2.05, 4.69) is 0 Å². The standard InChI is InChI=1S/C20H25NO7/c1-20(2,3)28-17(23)9-13-4-5-14(10-22)18(19(13)21(24)25)12-6-7-15-16(8-12)27-11-26-15/h6-8,10,13-14,18-19H,4-5,9,11H2,1-3H3/t13-,14-,18-,19-/m1/s1. The van der Waals surface area contributed by atoms with Gasteiger partial charge in [0.05, 0.1) is 12.3 Å². The highest BCUT2D eigenvalue weighted by Crippen LogP contribution is 2.45. The molecule has 0 aromatic heterocycles. The molecule has 1 aromatic carbocycles. The van der Waals surface area contributed by atoms with Gasteiger partial charge in [-0.3, -0.25) is 14.9 Å². The van der Waals surface area contributed by atoms with Crippen molar-refractivity contribution >= 4 is 12.3 Å². The number of benzene rings is 1. The molecule has 8 nitrogen and oxygen atoms in total. The Hall–Kier alpha value is -2.64. The molecule has 0 saturated heterocycles. The fourth-order valence-corrected chi connectivity index (χ4v) is 4.14. The minimum absolute atomic E-state index is 0.0461. The molecule has 1 heterocycles. The van der Waals surface area contributed by atoms with Crippen molar-refractivity contribution in [3.05, 3.63) is 33.9 Å². The fraction of sp³-hybridized carbons (Fsp3) is 0.600. The maximum absolute atomic E-state index is 12.3. The van der Waals surface area contributed by atoms with Gasteiger partial charge in [0.2, 0.25) is 12.8 Å². The van der Waals surface area contributed by atoms with Crippen molar-refractivity contribution < 1.29 is 28.7 Å². The summed E-state index contributed by atoms with van der Waals surface area (Å²) in [5.74, 6) is -1.01. The van der Waals surface area contributed by atoms with E-state index < -0.39 is 35.4 Å². The molecule has 1 fully saturated rings. The smallest absolute Gasteiger partial charge is 0.306 e. The number of esters is 1. The van der Waals surface area contributed by atoms with E-state index in [0.29, 0.717) is 29.9 Å². The maximum Gasteiger partial charge on any atom is 0.306 e. The molecule has 0 amide bonds. The Labute approximate surface area is 163 Å². The van der Waals surface area contributed by atoms with Crippen LogP contribution in [0.25, 0.3) is 0 Å². The first-order valence-corrected chi connectivity index (χ1v) is 9.40. The zero-order valence-electron chi connectivity index (χ0n) is 16.3. The van der Waals surface area contributed by atoms with Crippen molar-refractivity contribution in [3.8, 4) is 11.5 Å². The summed E-state index contributed by atoms with van der Waals surface area (Å²) in [6.45, 7) is 5.37. The van der Waals surface area contributed by atoms with Gasteiger partial charge in [0.15, 0.2) is 11.5 Å². The van der Waals surface area contributed by atoms with Crippen molar-refractivity contribution in [2.75, 3.05) is 6.79 Å². The number of carbonyl (C=O) groups is 2. The van der Waals surface area contributed by atoms with E-state index in [1.165, 1.54) is 0 Å². The van der Waals surface area contributed by atoms with Crippen molar-refractivity contribution in [3.63, 3.8) is 0 Å². The SMILES string of the molecule is CC(C)(C)OC(=O)C[C@H]1CC[C@H](C=O)[C@@H](c2ccc3c(c2)OCO3)[C@@H]1[N+](=O)[O-]. The first-order chi connectivity index (χ1) is 13.2. The van der Waals surface area contributed by atoms with E-state index in [4.69, 9.17) is 14.2 Å². The highest BCUT2D eigenvalue weighted by molar-refractivity contribution is 5.70. The summed E-state index contributed by atoms with van der Waals surface area (Å²) >= 11 is 0. The first-order valence-electron chi connectivity index (χ1n) is 9.40. The zero-order valence-corrected chi connectivity index (χ0v) is 16.3. The van der Waals surface area contributed by atoms with Crippen LogP contribution in [0.1, 0.15) is 51.5 Å². The summed E-state index contributed by atoms with van der Waals surface area (Å²) < 4.78 is 16.0.